The van der Waals surface area contributed by atoms with Crippen LogP contribution in [-0.4, -0.2) is 44.2 Å². The molecule has 20 heavy (non-hydrogen) atoms. The van der Waals surface area contributed by atoms with Crippen molar-refractivity contribution >= 4 is 31.0 Å². The van der Waals surface area contributed by atoms with Crippen LogP contribution in [0.5, 0.6) is 0 Å². The lowest BCUT2D eigenvalue weighted by molar-refractivity contribution is -0.137. The molecule has 0 aliphatic carbocycles. The summed E-state index contributed by atoms with van der Waals surface area (Å²) in [4.78, 5) is 12.4. The highest BCUT2D eigenvalue weighted by atomic mass is 32.1. The summed E-state index contributed by atoms with van der Waals surface area (Å²) < 4.78 is 0. The second-order valence-corrected chi connectivity index (χ2v) is 11.3. The maximum Gasteiger partial charge on any atom is 0.317 e. The highest BCUT2D eigenvalue weighted by Crippen LogP contribution is 2.17. The highest BCUT2D eigenvalue weighted by Gasteiger charge is 2.09. The number of thiophene rings is 1. The van der Waals surface area contributed by atoms with Crippen LogP contribution in [0.4, 0.5) is 0 Å². The van der Waals surface area contributed by atoms with Gasteiger partial charge in [-0.1, -0.05) is 31.6 Å². The normalized spacial score (nSPS) is 12.2. The molecule has 108 valence electrons. The van der Waals surface area contributed by atoms with Crippen molar-refractivity contribution in [3.05, 3.63) is 28.5 Å². The smallest absolute Gasteiger partial charge is 0.317 e. The van der Waals surface area contributed by atoms with E-state index in [0.29, 0.717) is 6.54 Å². The van der Waals surface area contributed by atoms with E-state index in [1.165, 1.54) is 0 Å². The van der Waals surface area contributed by atoms with E-state index in [9.17, 15) is 4.79 Å². The second-order valence-electron chi connectivity index (χ2n) is 5.72. The van der Waals surface area contributed by atoms with Crippen molar-refractivity contribution in [2.75, 3.05) is 20.1 Å². The van der Waals surface area contributed by atoms with Crippen molar-refractivity contribution in [1.82, 2.24) is 4.90 Å². The quantitative estimate of drug-likeness (QED) is 0.671. The number of allylic oxidation sites excluding steroid dienone is 1. The van der Waals surface area contributed by atoms with Crippen LogP contribution in [0.25, 0.3) is 5.57 Å². The Hall–Kier alpha value is -1.35. The van der Waals surface area contributed by atoms with Crippen LogP contribution in [0, 0.1) is 11.5 Å². The molecule has 0 aliphatic heterocycles. The number of rotatable bonds is 5. The first kappa shape index (κ1) is 16.7. The monoisotopic (exact) mass is 307 g/mol. The Kier molecular flexibility index (Phi) is 6.21. The van der Waals surface area contributed by atoms with Gasteiger partial charge in [0.15, 0.2) is 0 Å². The van der Waals surface area contributed by atoms with Gasteiger partial charge in [-0.3, -0.25) is 9.69 Å². The molecule has 0 unspecified atom stereocenters. The molecule has 1 heterocycles. The Labute approximate surface area is 125 Å². The summed E-state index contributed by atoms with van der Waals surface area (Å²) in [5, 5.41) is 12.9. The summed E-state index contributed by atoms with van der Waals surface area (Å²) in [6.45, 7) is 7.25. The largest absolute Gasteiger partial charge is 0.480 e. The van der Waals surface area contributed by atoms with Crippen molar-refractivity contribution < 1.29 is 9.90 Å². The van der Waals surface area contributed by atoms with Crippen molar-refractivity contribution in [3.63, 3.8) is 0 Å². The van der Waals surface area contributed by atoms with Gasteiger partial charge in [-0.05, 0) is 23.9 Å². The van der Waals surface area contributed by atoms with E-state index < -0.39 is 14.0 Å². The van der Waals surface area contributed by atoms with Crippen LogP contribution in [-0.2, 0) is 4.79 Å². The molecule has 0 fully saturated rings. The minimum absolute atomic E-state index is 0.0366. The Bertz CT molecular complexity index is 532. The lowest BCUT2D eigenvalue weighted by atomic mass is 10.1. The molecule has 5 heteroatoms. The molecule has 0 saturated heterocycles. The number of carboxylic acid groups (broad SMARTS) is 1. The first-order valence-corrected chi connectivity index (χ1v) is 10.9. The SMILES string of the molecule is CN(CC=C(C#C[Si](C)(C)C)c1ccsc1)CC(=O)O. The average molecular weight is 307 g/mol. The maximum absolute atomic E-state index is 10.7. The van der Waals surface area contributed by atoms with Gasteiger partial charge in [0.05, 0.1) is 6.54 Å². The first-order chi connectivity index (χ1) is 9.28. The van der Waals surface area contributed by atoms with E-state index in [1.807, 2.05) is 17.5 Å². The molecule has 1 N–H and O–H groups in total. The minimum atomic E-state index is -1.42. The van der Waals surface area contributed by atoms with Gasteiger partial charge in [-0.15, -0.1) is 5.54 Å². The van der Waals surface area contributed by atoms with E-state index in [1.54, 1.807) is 23.3 Å². The molecule has 1 aromatic rings. The summed E-state index contributed by atoms with van der Waals surface area (Å²) in [6, 6.07) is 2.05. The molecule has 0 radical (unpaired) electrons. The van der Waals surface area contributed by atoms with E-state index >= 15 is 0 Å². The third kappa shape index (κ3) is 6.71. The molecule has 1 rings (SSSR count). The van der Waals surface area contributed by atoms with Gasteiger partial charge in [0.2, 0.25) is 0 Å². The third-order valence-electron chi connectivity index (χ3n) is 2.42. The molecule has 0 bridgehead atoms. The van der Waals surface area contributed by atoms with E-state index in [4.69, 9.17) is 5.11 Å². The zero-order valence-corrected chi connectivity index (χ0v) is 14.3. The molecule has 0 amide bonds. The van der Waals surface area contributed by atoms with E-state index in [0.717, 1.165) is 11.1 Å². The number of likely N-dealkylation sites (N-methyl/N-ethyl adjacent to an activating group) is 1. The maximum atomic E-state index is 10.7. The second kappa shape index (κ2) is 7.43. The Morgan fingerprint density at radius 3 is 2.70 bits per heavy atom. The zero-order chi connectivity index (χ0) is 15.2. The molecule has 1 aromatic heterocycles. The molecule has 0 spiro atoms. The first-order valence-electron chi connectivity index (χ1n) is 6.44. The fourth-order valence-corrected chi connectivity index (χ4v) is 2.62. The molecule has 3 nitrogen and oxygen atoms in total. The van der Waals surface area contributed by atoms with Gasteiger partial charge >= 0.3 is 5.97 Å². The van der Waals surface area contributed by atoms with Gasteiger partial charge in [0.25, 0.3) is 0 Å². The molecule has 0 saturated carbocycles. The minimum Gasteiger partial charge on any atom is -0.480 e. The van der Waals surface area contributed by atoms with Crippen LogP contribution in [0.3, 0.4) is 0 Å². The van der Waals surface area contributed by atoms with Crippen LogP contribution in [0.15, 0.2) is 22.9 Å². The Morgan fingerprint density at radius 1 is 1.50 bits per heavy atom. The molecular weight excluding hydrogens is 286 g/mol. The predicted octanol–water partition coefficient (Wildman–Crippen LogP) is 3.03. The average Bonchev–Trinajstić information content (AvgIpc) is 2.80. The Morgan fingerprint density at radius 2 is 2.20 bits per heavy atom. The molecule has 0 aliphatic rings. The van der Waals surface area contributed by atoms with Crippen LogP contribution in [0.2, 0.25) is 19.6 Å². The fourth-order valence-electron chi connectivity index (χ4n) is 1.46. The third-order valence-corrected chi connectivity index (χ3v) is 3.97. The topological polar surface area (TPSA) is 40.5 Å². The van der Waals surface area contributed by atoms with Crippen molar-refractivity contribution in [2.24, 2.45) is 0 Å². The van der Waals surface area contributed by atoms with Crippen LogP contribution < -0.4 is 0 Å². The number of carbonyl (C=O) groups is 1. The van der Waals surface area contributed by atoms with Gasteiger partial charge in [0, 0.05) is 17.7 Å². The Balaban J connectivity index is 2.88. The summed E-state index contributed by atoms with van der Waals surface area (Å²) in [5.41, 5.74) is 5.47. The van der Waals surface area contributed by atoms with Crippen molar-refractivity contribution in [1.29, 1.82) is 0 Å². The van der Waals surface area contributed by atoms with Crippen molar-refractivity contribution in [2.45, 2.75) is 19.6 Å². The molecule has 0 atom stereocenters. The predicted molar refractivity (Wildman–Crippen MR) is 88.6 cm³/mol. The molecule has 0 aromatic carbocycles. The summed E-state index contributed by atoms with van der Waals surface area (Å²) in [7, 11) is 0.372. The van der Waals surface area contributed by atoms with Crippen molar-refractivity contribution in [3.8, 4) is 11.5 Å². The standard InChI is InChI=1S/C15H21NO2SSi/c1-16(11-15(17)18)8-5-13(7-10-20(2,3)4)14-6-9-19-12-14/h5-6,9,12H,8,11H2,1-4H3,(H,17,18). The fraction of sp³-hybridized carbons (Fsp3) is 0.400. The highest BCUT2D eigenvalue weighted by molar-refractivity contribution is 7.08. The zero-order valence-electron chi connectivity index (χ0n) is 12.4. The van der Waals surface area contributed by atoms with Gasteiger partial charge in [0.1, 0.15) is 8.07 Å². The number of aliphatic carboxylic acids is 1. The summed E-state index contributed by atoms with van der Waals surface area (Å²) in [6.07, 6.45) is 2.01. The summed E-state index contributed by atoms with van der Waals surface area (Å²) in [5.74, 6) is 2.46. The molecular formula is C15H21NO2SSi. The number of hydrogen-bond donors (Lipinski definition) is 1. The summed E-state index contributed by atoms with van der Waals surface area (Å²) >= 11 is 1.64. The van der Waals surface area contributed by atoms with E-state index in [-0.39, 0.29) is 6.54 Å². The lowest BCUT2D eigenvalue weighted by Crippen LogP contribution is -2.25. The van der Waals surface area contributed by atoms with Gasteiger partial charge in [-0.2, -0.15) is 11.3 Å². The number of nitrogens with zero attached hydrogens (tertiary/aromatic N) is 1. The number of carboxylic acids is 1. The van der Waals surface area contributed by atoms with Gasteiger partial charge < -0.3 is 5.11 Å². The number of hydrogen-bond acceptors (Lipinski definition) is 3. The lowest BCUT2D eigenvalue weighted by Gasteiger charge is -2.11. The van der Waals surface area contributed by atoms with Gasteiger partial charge in [-0.25, -0.2) is 0 Å². The van der Waals surface area contributed by atoms with Crippen LogP contribution >= 0.6 is 11.3 Å². The van der Waals surface area contributed by atoms with Crippen LogP contribution in [0.1, 0.15) is 5.56 Å². The van der Waals surface area contributed by atoms with E-state index in [2.05, 4.69) is 36.5 Å².